The number of aliphatic hydroxyl groups is 1. The van der Waals surface area contributed by atoms with Crippen molar-refractivity contribution in [3.05, 3.63) is 100 Å². The van der Waals surface area contributed by atoms with Gasteiger partial charge in [-0.05, 0) is 104 Å². The summed E-state index contributed by atoms with van der Waals surface area (Å²) in [5, 5.41) is 11.3. The Kier molecular flexibility index (Phi) is 5.54. The van der Waals surface area contributed by atoms with E-state index in [1.54, 1.807) is 0 Å². The summed E-state index contributed by atoms with van der Waals surface area (Å²) in [5.74, 6) is 0.983. The summed E-state index contributed by atoms with van der Waals surface area (Å²) >= 11 is 0. The van der Waals surface area contributed by atoms with Crippen molar-refractivity contribution in [1.82, 2.24) is 4.90 Å². The lowest BCUT2D eigenvalue weighted by Gasteiger charge is -2.55. The summed E-state index contributed by atoms with van der Waals surface area (Å²) in [5.41, 5.74) is 23.1. The van der Waals surface area contributed by atoms with Crippen LogP contribution in [0.2, 0.25) is 0 Å². The van der Waals surface area contributed by atoms with Crippen molar-refractivity contribution in [2.75, 3.05) is 14.1 Å². The van der Waals surface area contributed by atoms with Gasteiger partial charge in [0.05, 0.1) is 11.6 Å². The summed E-state index contributed by atoms with van der Waals surface area (Å²) in [6.45, 7) is 17.3. The van der Waals surface area contributed by atoms with Gasteiger partial charge in [0.25, 0.3) is 0 Å². The fourth-order valence-corrected chi connectivity index (χ4v) is 7.61. The third kappa shape index (κ3) is 3.19. The van der Waals surface area contributed by atoms with Gasteiger partial charge in [-0.2, -0.15) is 0 Å². The van der Waals surface area contributed by atoms with Crippen LogP contribution in [-0.2, 0) is 6.42 Å². The van der Waals surface area contributed by atoms with Gasteiger partial charge in [0.15, 0.2) is 0 Å². The zero-order valence-corrected chi connectivity index (χ0v) is 21.6. The SMILES string of the molecule is C=C(N)C1=C(O)[C@@H](N(C)C)[C@@H]2C[C@@H]3Cc4c(C5C=CCC5)ccc(C)c4C(=C)C3=C(C)[C@]2(N)C1=C. The highest BCUT2D eigenvalue weighted by Crippen LogP contribution is 2.57. The molecule has 0 aromatic heterocycles. The first-order valence-corrected chi connectivity index (χ1v) is 12.7. The van der Waals surface area contributed by atoms with E-state index in [-0.39, 0.29) is 17.7 Å². The Balaban J connectivity index is 1.71. The fourth-order valence-electron chi connectivity index (χ4n) is 7.61. The van der Waals surface area contributed by atoms with E-state index in [1.165, 1.54) is 34.2 Å². The Labute approximate surface area is 210 Å². The molecule has 5 atom stereocenters. The Morgan fingerprint density at radius 2 is 1.91 bits per heavy atom. The molecule has 4 heteroatoms. The maximum Gasteiger partial charge on any atom is 0.119 e. The lowest BCUT2D eigenvalue weighted by atomic mass is 9.53. The molecule has 0 heterocycles. The second-order valence-corrected chi connectivity index (χ2v) is 11.2. The zero-order valence-electron chi connectivity index (χ0n) is 21.6. The molecule has 4 aliphatic carbocycles. The molecule has 1 aromatic rings. The molecule has 0 saturated heterocycles. The molecule has 35 heavy (non-hydrogen) atoms. The molecule has 4 nitrogen and oxygen atoms in total. The van der Waals surface area contributed by atoms with Gasteiger partial charge in [0.2, 0.25) is 0 Å². The molecular weight excluding hydrogens is 430 g/mol. The lowest BCUT2D eigenvalue weighted by molar-refractivity contribution is 0.109. The van der Waals surface area contributed by atoms with E-state index in [9.17, 15) is 5.11 Å². The maximum atomic E-state index is 11.3. The van der Waals surface area contributed by atoms with Gasteiger partial charge >= 0.3 is 0 Å². The number of aliphatic hydroxyl groups excluding tert-OH is 1. The van der Waals surface area contributed by atoms with Gasteiger partial charge < -0.3 is 16.6 Å². The van der Waals surface area contributed by atoms with E-state index in [4.69, 9.17) is 11.5 Å². The van der Waals surface area contributed by atoms with Crippen LogP contribution >= 0.6 is 0 Å². The van der Waals surface area contributed by atoms with E-state index in [1.807, 2.05) is 14.1 Å². The number of likely N-dealkylation sites (N-methyl/N-ethyl adjacent to an activating group) is 1. The molecule has 0 bridgehead atoms. The van der Waals surface area contributed by atoms with Crippen molar-refractivity contribution >= 4 is 5.57 Å². The second kappa shape index (κ2) is 8.11. The van der Waals surface area contributed by atoms with Crippen molar-refractivity contribution in [2.45, 2.75) is 57.0 Å². The molecule has 0 spiro atoms. The lowest BCUT2D eigenvalue weighted by Crippen LogP contribution is -2.63. The van der Waals surface area contributed by atoms with Gasteiger partial charge in [-0.25, -0.2) is 0 Å². The van der Waals surface area contributed by atoms with Crippen LogP contribution in [0.25, 0.3) is 5.57 Å². The van der Waals surface area contributed by atoms with Gasteiger partial charge in [0, 0.05) is 23.1 Å². The minimum absolute atomic E-state index is 0.0316. The van der Waals surface area contributed by atoms with Gasteiger partial charge in [0.1, 0.15) is 5.76 Å². The zero-order chi connectivity index (χ0) is 25.4. The first kappa shape index (κ1) is 23.9. The maximum absolute atomic E-state index is 11.3. The number of hydrogen-bond donors (Lipinski definition) is 3. The third-order valence-corrected chi connectivity index (χ3v) is 9.20. The molecule has 1 unspecified atom stereocenters. The number of fused-ring (bicyclic) bond motifs is 3. The van der Waals surface area contributed by atoms with Gasteiger partial charge in [-0.15, -0.1) is 0 Å². The molecular formula is C31H39N3O. The Hall–Kier alpha value is -2.82. The van der Waals surface area contributed by atoms with Crippen LogP contribution in [0.3, 0.4) is 0 Å². The number of nitrogens with two attached hydrogens (primary N) is 2. The monoisotopic (exact) mass is 469 g/mol. The van der Waals surface area contributed by atoms with Gasteiger partial charge in [-0.3, -0.25) is 4.90 Å². The normalized spacial score (nSPS) is 32.2. The highest BCUT2D eigenvalue weighted by molar-refractivity contribution is 5.86. The second-order valence-electron chi connectivity index (χ2n) is 11.2. The third-order valence-electron chi connectivity index (χ3n) is 9.20. The standard InChI is InChI=1S/C31H39N3O/c1-16-12-13-23(21-10-8-9-11-21)24-14-22-15-25-29(34(6)7)30(35)28(20(5)32)19(4)31(25,33)18(3)27(22)17(2)26(16)24/h8,10,12-13,21-22,25,29,35H,2,4-5,9,11,14-15,32-33H2,1,3,6-7H3/t21?,22-,25-,29-,31-/m0/s1. The largest absolute Gasteiger partial charge is 0.510 e. The van der Waals surface area contributed by atoms with Crippen molar-refractivity contribution < 1.29 is 5.11 Å². The van der Waals surface area contributed by atoms with Crippen LogP contribution in [0.5, 0.6) is 0 Å². The van der Waals surface area contributed by atoms with Crippen LogP contribution in [0.15, 0.2) is 77.8 Å². The minimum atomic E-state index is -0.829. The van der Waals surface area contributed by atoms with E-state index < -0.39 is 5.54 Å². The van der Waals surface area contributed by atoms with Crippen molar-refractivity contribution in [1.29, 1.82) is 0 Å². The first-order chi connectivity index (χ1) is 16.5. The average molecular weight is 470 g/mol. The number of benzene rings is 1. The van der Waals surface area contributed by atoms with Crippen LogP contribution in [-0.4, -0.2) is 35.7 Å². The predicted octanol–water partition coefficient (Wildman–Crippen LogP) is 5.43. The highest BCUT2D eigenvalue weighted by atomic mass is 16.3. The van der Waals surface area contributed by atoms with Crippen LogP contribution in [0, 0.1) is 18.8 Å². The van der Waals surface area contributed by atoms with E-state index in [2.05, 4.69) is 62.8 Å². The summed E-state index contributed by atoms with van der Waals surface area (Å²) in [6.07, 6.45) is 8.82. The summed E-state index contributed by atoms with van der Waals surface area (Å²) in [4.78, 5) is 2.06. The molecule has 0 fully saturated rings. The number of allylic oxidation sites excluding steroid dienone is 5. The number of aryl methyl sites for hydroxylation is 1. The number of rotatable bonds is 3. The Morgan fingerprint density at radius 1 is 1.20 bits per heavy atom. The van der Waals surface area contributed by atoms with Crippen molar-refractivity contribution in [3.63, 3.8) is 0 Å². The molecule has 0 amide bonds. The Morgan fingerprint density at radius 3 is 2.51 bits per heavy atom. The van der Waals surface area contributed by atoms with Crippen LogP contribution < -0.4 is 11.5 Å². The van der Waals surface area contributed by atoms with Crippen LogP contribution in [0.1, 0.15) is 54.4 Å². The highest BCUT2D eigenvalue weighted by Gasteiger charge is 2.56. The summed E-state index contributed by atoms with van der Waals surface area (Å²) < 4.78 is 0. The molecule has 0 aliphatic heterocycles. The molecule has 0 saturated carbocycles. The molecule has 0 radical (unpaired) electrons. The topological polar surface area (TPSA) is 75.5 Å². The van der Waals surface area contributed by atoms with E-state index in [0.29, 0.717) is 28.7 Å². The predicted molar refractivity (Wildman–Crippen MR) is 146 cm³/mol. The molecule has 184 valence electrons. The average Bonchev–Trinajstić information content (AvgIpc) is 3.30. The molecule has 1 aromatic carbocycles. The molecule has 4 aliphatic rings. The van der Waals surface area contributed by atoms with Crippen molar-refractivity contribution in [3.8, 4) is 0 Å². The van der Waals surface area contributed by atoms with Gasteiger partial charge in [-0.1, -0.05) is 44.0 Å². The Bertz CT molecular complexity index is 1260. The van der Waals surface area contributed by atoms with E-state index in [0.717, 1.165) is 30.4 Å². The first-order valence-electron chi connectivity index (χ1n) is 12.7. The van der Waals surface area contributed by atoms with Crippen molar-refractivity contribution in [2.24, 2.45) is 23.3 Å². The smallest absolute Gasteiger partial charge is 0.119 e. The summed E-state index contributed by atoms with van der Waals surface area (Å²) in [7, 11) is 3.98. The van der Waals surface area contributed by atoms with E-state index >= 15 is 0 Å². The minimum Gasteiger partial charge on any atom is -0.510 e. The molecule has 5 rings (SSSR count). The van der Waals surface area contributed by atoms with Crippen LogP contribution in [0.4, 0.5) is 0 Å². The quantitative estimate of drug-likeness (QED) is 0.516. The number of hydrogen-bond acceptors (Lipinski definition) is 4. The summed E-state index contributed by atoms with van der Waals surface area (Å²) in [6, 6.07) is 4.32. The fraction of sp³-hybridized carbons (Fsp3) is 0.419. The number of nitrogens with zero attached hydrogens (tertiary/aromatic N) is 1. The molecule has 5 N–H and O–H groups in total.